The fraction of sp³-hybridized carbons (Fsp3) is 0.789. The van der Waals surface area contributed by atoms with E-state index in [4.69, 9.17) is 23.8 Å². The molecule has 2 unspecified atom stereocenters. The summed E-state index contributed by atoms with van der Waals surface area (Å²) in [6.45, 7) is 12.7. The van der Waals surface area contributed by atoms with E-state index in [-0.39, 0.29) is 12.1 Å². The molecular weight excluding hydrogens is 381 g/mol. The lowest BCUT2D eigenvalue weighted by Gasteiger charge is -2.35. The second kappa shape index (κ2) is 13.9. The molecule has 0 bridgehead atoms. The molecule has 2 atom stereocenters. The van der Waals surface area contributed by atoms with Crippen LogP contribution < -0.4 is 5.32 Å². The molecule has 0 aliphatic heterocycles. The number of hydrogen-bond donors (Lipinski definition) is 1. The van der Waals surface area contributed by atoms with Gasteiger partial charge in [-0.3, -0.25) is 0 Å². The van der Waals surface area contributed by atoms with Gasteiger partial charge in [-0.05, 0) is 34.6 Å². The van der Waals surface area contributed by atoms with Crippen molar-refractivity contribution in [3.63, 3.8) is 0 Å². The fourth-order valence-corrected chi connectivity index (χ4v) is 4.05. The van der Waals surface area contributed by atoms with E-state index in [1.807, 2.05) is 6.92 Å². The largest absolute Gasteiger partial charge is 0.449 e. The van der Waals surface area contributed by atoms with Gasteiger partial charge < -0.3 is 23.8 Å². The number of hydrogen-bond acceptors (Lipinski definition) is 7. The lowest BCUT2D eigenvalue weighted by molar-refractivity contribution is 0.0868. The number of ether oxygens (including phenoxy) is 2. The Morgan fingerprint density at radius 1 is 1.21 bits per heavy atom. The molecule has 1 amide bonds. The minimum atomic E-state index is -1.25. The van der Waals surface area contributed by atoms with E-state index >= 15 is 0 Å². The van der Waals surface area contributed by atoms with E-state index < -0.39 is 14.6 Å². The van der Waals surface area contributed by atoms with Crippen molar-refractivity contribution in [2.24, 2.45) is 5.92 Å². The lowest BCUT2D eigenvalue weighted by atomic mass is 10.3. The van der Waals surface area contributed by atoms with Crippen molar-refractivity contribution >= 4 is 14.6 Å². The van der Waals surface area contributed by atoms with Gasteiger partial charge in [-0.2, -0.15) is 5.26 Å². The van der Waals surface area contributed by atoms with Crippen LogP contribution in [-0.2, 0) is 18.5 Å². The first kappa shape index (κ1) is 24.8. The molecule has 8 nitrogen and oxygen atoms in total. The van der Waals surface area contributed by atoms with Gasteiger partial charge >= 0.3 is 6.09 Å². The first-order valence-electron chi connectivity index (χ1n) is 9.74. The first-order chi connectivity index (χ1) is 13.4. The van der Waals surface area contributed by atoms with Crippen molar-refractivity contribution in [2.45, 2.75) is 53.1 Å². The van der Waals surface area contributed by atoms with Crippen LogP contribution >= 0.6 is 8.53 Å². The Hall–Kier alpha value is -1.23. The summed E-state index contributed by atoms with van der Waals surface area (Å²) in [7, 11) is -1.25. The third-order valence-corrected chi connectivity index (χ3v) is 6.05. The van der Waals surface area contributed by atoms with Crippen LogP contribution in [0.15, 0.2) is 11.6 Å². The van der Waals surface area contributed by atoms with Crippen molar-refractivity contribution in [1.29, 1.82) is 5.26 Å². The van der Waals surface area contributed by atoms with Crippen molar-refractivity contribution < 1.29 is 23.3 Å². The number of nitrogens with one attached hydrogen (secondary N) is 1. The summed E-state index contributed by atoms with van der Waals surface area (Å²) >= 11 is 0. The quantitative estimate of drug-likeness (QED) is 0.248. The Balaban J connectivity index is 2.16. The maximum absolute atomic E-state index is 11.5. The van der Waals surface area contributed by atoms with Gasteiger partial charge in [0.15, 0.2) is 0 Å². The van der Waals surface area contributed by atoms with E-state index in [2.05, 4.69) is 49.8 Å². The highest BCUT2D eigenvalue weighted by Crippen LogP contribution is 2.45. The maximum Gasteiger partial charge on any atom is 0.407 e. The topological polar surface area (TPSA) is 93.0 Å². The van der Waals surface area contributed by atoms with Gasteiger partial charge in [0, 0.05) is 24.5 Å². The van der Waals surface area contributed by atoms with Gasteiger partial charge in [-0.25, -0.2) is 9.46 Å². The number of rotatable bonds is 15. The highest BCUT2D eigenvalue weighted by atomic mass is 31.2. The van der Waals surface area contributed by atoms with Crippen molar-refractivity contribution in [2.75, 3.05) is 39.6 Å². The third-order valence-electron chi connectivity index (χ3n) is 3.94. The molecule has 0 fully saturated rings. The van der Waals surface area contributed by atoms with Gasteiger partial charge in [-0.15, -0.1) is 0 Å². The Labute approximate surface area is 170 Å². The van der Waals surface area contributed by atoms with Crippen LogP contribution in [0, 0.1) is 17.2 Å². The van der Waals surface area contributed by atoms with Crippen LogP contribution in [-0.4, -0.2) is 62.4 Å². The molecule has 0 heterocycles. The number of nitriles is 1. The molecule has 0 spiro atoms. The van der Waals surface area contributed by atoms with Crippen LogP contribution in [0.4, 0.5) is 4.79 Å². The lowest BCUT2D eigenvalue weighted by Crippen LogP contribution is -2.34. The normalized spacial score (nSPS) is 16.8. The van der Waals surface area contributed by atoms with Gasteiger partial charge in [-0.1, -0.05) is 11.6 Å². The summed E-state index contributed by atoms with van der Waals surface area (Å²) in [4.78, 5) is 11.5. The SMILES string of the molecule is CC1=CC1COC(=O)NCCOCCOP(OCCC#N)N(C(C)C)C(C)C. The number of carbonyl (C=O) groups is 1. The molecule has 0 aromatic carbocycles. The molecule has 9 heteroatoms. The molecule has 1 aliphatic rings. The van der Waals surface area contributed by atoms with Crippen LogP contribution in [0.2, 0.25) is 0 Å². The summed E-state index contributed by atoms with van der Waals surface area (Å²) in [6, 6.07) is 2.61. The second-order valence-corrected chi connectivity index (χ2v) is 8.49. The summed E-state index contributed by atoms with van der Waals surface area (Å²) < 4.78 is 24.4. The van der Waals surface area contributed by atoms with E-state index in [1.165, 1.54) is 5.57 Å². The molecule has 0 saturated heterocycles. The average molecular weight is 415 g/mol. The monoisotopic (exact) mass is 415 g/mol. The molecule has 0 aromatic heterocycles. The van der Waals surface area contributed by atoms with E-state index in [9.17, 15) is 4.79 Å². The van der Waals surface area contributed by atoms with Gasteiger partial charge in [0.1, 0.15) is 6.61 Å². The minimum absolute atomic E-state index is 0.263. The predicted octanol–water partition coefficient (Wildman–Crippen LogP) is 3.60. The molecule has 0 aromatic rings. The zero-order valence-corrected chi connectivity index (χ0v) is 18.5. The fourth-order valence-electron chi connectivity index (χ4n) is 2.48. The van der Waals surface area contributed by atoms with Gasteiger partial charge in [0.05, 0.1) is 38.9 Å². The molecule has 28 heavy (non-hydrogen) atoms. The second-order valence-electron chi connectivity index (χ2n) is 7.03. The molecule has 0 saturated carbocycles. The number of alkyl carbamates (subject to hydrolysis) is 1. The molecule has 1 aliphatic carbocycles. The Kier molecular flexibility index (Phi) is 12.3. The van der Waals surface area contributed by atoms with E-state index in [0.717, 1.165) is 0 Å². The maximum atomic E-state index is 11.5. The highest BCUT2D eigenvalue weighted by Gasteiger charge is 2.27. The third kappa shape index (κ3) is 10.4. The Morgan fingerprint density at radius 3 is 2.43 bits per heavy atom. The smallest absolute Gasteiger partial charge is 0.407 e. The van der Waals surface area contributed by atoms with Crippen molar-refractivity contribution in [3.8, 4) is 6.07 Å². The zero-order valence-electron chi connectivity index (χ0n) is 17.6. The van der Waals surface area contributed by atoms with Crippen LogP contribution in [0.3, 0.4) is 0 Å². The molecule has 1 rings (SSSR count). The Morgan fingerprint density at radius 2 is 1.86 bits per heavy atom. The molecule has 0 radical (unpaired) electrons. The molecule has 1 N–H and O–H groups in total. The highest BCUT2D eigenvalue weighted by molar-refractivity contribution is 7.44. The van der Waals surface area contributed by atoms with Crippen LogP contribution in [0.5, 0.6) is 0 Å². The van der Waals surface area contributed by atoms with Gasteiger partial charge in [0.2, 0.25) is 0 Å². The summed E-state index contributed by atoms with van der Waals surface area (Å²) in [5.41, 5.74) is 1.26. The predicted molar refractivity (Wildman–Crippen MR) is 109 cm³/mol. The minimum Gasteiger partial charge on any atom is -0.449 e. The average Bonchev–Trinajstić information content (AvgIpc) is 3.33. The van der Waals surface area contributed by atoms with E-state index in [1.54, 1.807) is 0 Å². The summed E-state index contributed by atoms with van der Waals surface area (Å²) in [5, 5.41) is 11.4. The zero-order chi connectivity index (χ0) is 20.9. The molecular formula is C19H34N3O5P. The standard InChI is InChI=1S/C19H34N3O5P/c1-15(2)22(16(3)4)28(26-9-6-7-20)27-12-11-24-10-8-21-19(23)25-14-18-13-17(18)5/h13,15-16,18H,6,8-12,14H2,1-5H3,(H,21,23). The van der Waals surface area contributed by atoms with Gasteiger partial charge in [0.25, 0.3) is 8.53 Å². The van der Waals surface area contributed by atoms with Crippen LogP contribution in [0.1, 0.15) is 41.0 Å². The number of amides is 1. The van der Waals surface area contributed by atoms with E-state index in [0.29, 0.717) is 51.9 Å². The van der Waals surface area contributed by atoms with Crippen molar-refractivity contribution in [3.05, 3.63) is 11.6 Å². The number of nitrogens with zero attached hydrogens (tertiary/aromatic N) is 2. The Bertz CT molecular complexity index is 528. The van der Waals surface area contributed by atoms with Crippen LogP contribution in [0.25, 0.3) is 0 Å². The van der Waals surface area contributed by atoms with Crippen molar-refractivity contribution in [1.82, 2.24) is 9.99 Å². The number of carbonyl (C=O) groups excluding carboxylic acids is 1. The first-order valence-corrected chi connectivity index (χ1v) is 10.9. The summed E-state index contributed by atoms with van der Waals surface area (Å²) in [6.07, 6.45) is 1.97. The summed E-state index contributed by atoms with van der Waals surface area (Å²) in [5.74, 6) is 0.320. The molecule has 160 valence electrons.